The number of hydrogen-bond donors (Lipinski definition) is 0. The normalized spacial score (nSPS) is 12.0. The third-order valence-electron chi connectivity index (χ3n) is 5.70. The van der Waals surface area contributed by atoms with Crippen molar-refractivity contribution in [3.8, 4) is 11.1 Å². The number of fused-ring (bicyclic) bond motifs is 3. The summed E-state index contributed by atoms with van der Waals surface area (Å²) in [5.41, 5.74) is 10.1. The quantitative estimate of drug-likeness (QED) is 0.308. The van der Waals surface area contributed by atoms with Gasteiger partial charge in [0.1, 0.15) is 0 Å². The lowest BCUT2D eigenvalue weighted by Gasteiger charge is -2.19. The third-order valence-corrected chi connectivity index (χ3v) is 5.70. The Morgan fingerprint density at radius 3 is 1.63 bits per heavy atom. The Morgan fingerprint density at radius 2 is 1.03 bits per heavy atom. The largest absolute Gasteiger partial charge is 0.345 e. The predicted molar refractivity (Wildman–Crippen MR) is 129 cm³/mol. The van der Waals surface area contributed by atoms with Gasteiger partial charge in [-0.05, 0) is 57.7 Å². The van der Waals surface area contributed by atoms with Crippen molar-refractivity contribution in [2.24, 2.45) is 0 Å². The summed E-state index contributed by atoms with van der Waals surface area (Å²) in [5, 5.41) is 0. The fraction of sp³-hybridized carbons (Fsp3) is 0.0345. The minimum Gasteiger partial charge on any atom is -0.345 e. The van der Waals surface area contributed by atoms with E-state index in [0.29, 0.717) is 0 Å². The van der Waals surface area contributed by atoms with Crippen molar-refractivity contribution in [1.29, 1.82) is 0 Å². The molecule has 0 unspecified atom stereocenters. The molecule has 0 amide bonds. The highest BCUT2D eigenvalue weighted by molar-refractivity contribution is 6.01. The molecule has 30 heavy (non-hydrogen) atoms. The van der Waals surface area contributed by atoms with Gasteiger partial charge in [0.25, 0.3) is 0 Å². The van der Waals surface area contributed by atoms with Crippen LogP contribution in [0.2, 0.25) is 0 Å². The molecule has 0 radical (unpaired) electrons. The van der Waals surface area contributed by atoms with Gasteiger partial charge in [0.05, 0.1) is 0 Å². The molecule has 1 nitrogen and oxygen atoms in total. The summed E-state index contributed by atoms with van der Waals surface area (Å²) < 4.78 is 0. The van der Waals surface area contributed by atoms with Gasteiger partial charge in [-0.15, -0.1) is 0 Å². The van der Waals surface area contributed by atoms with Crippen LogP contribution in [0.15, 0.2) is 115 Å². The third kappa shape index (κ3) is 3.35. The van der Waals surface area contributed by atoms with E-state index < -0.39 is 0 Å². The minimum absolute atomic E-state index is 1.18. The van der Waals surface area contributed by atoms with Crippen LogP contribution in [0.1, 0.15) is 16.7 Å². The lowest BCUT2D eigenvalue weighted by molar-refractivity contribution is 1.21. The highest BCUT2D eigenvalue weighted by atomic mass is 15.1. The predicted octanol–water partition coefficient (Wildman–Crippen LogP) is 7.58. The Balaban J connectivity index is 1.39. The number of rotatable bonds is 4. The zero-order chi connectivity index (χ0) is 20.3. The Hall–Kier alpha value is -3.84. The molecule has 0 aliphatic heterocycles. The second kappa shape index (κ2) is 7.88. The van der Waals surface area contributed by atoms with Gasteiger partial charge >= 0.3 is 0 Å². The topological polar surface area (TPSA) is 3.24 Å². The number of hydrogen-bond acceptors (Lipinski definition) is 1. The lowest BCUT2D eigenvalue weighted by Crippen LogP contribution is -2.08. The second-order valence-corrected chi connectivity index (χ2v) is 7.52. The van der Waals surface area contributed by atoms with Gasteiger partial charge < -0.3 is 4.90 Å². The molecule has 0 saturated heterocycles. The highest BCUT2D eigenvalue weighted by Crippen LogP contribution is 2.43. The highest BCUT2D eigenvalue weighted by Gasteiger charge is 2.21. The van der Waals surface area contributed by atoms with Crippen LogP contribution in [0.5, 0.6) is 0 Å². The van der Waals surface area contributed by atoms with Crippen molar-refractivity contribution in [1.82, 2.24) is 0 Å². The molecule has 0 saturated carbocycles. The van der Waals surface area contributed by atoms with Crippen molar-refractivity contribution in [2.45, 2.75) is 0 Å². The molecule has 4 aromatic carbocycles. The molecule has 5 rings (SSSR count). The van der Waals surface area contributed by atoms with E-state index in [2.05, 4.69) is 127 Å². The maximum Gasteiger partial charge on any atom is 0.0408 e. The molecule has 0 atom stereocenters. The molecule has 1 aliphatic rings. The van der Waals surface area contributed by atoms with Gasteiger partial charge in [0.15, 0.2) is 0 Å². The van der Waals surface area contributed by atoms with Crippen molar-refractivity contribution < 1.29 is 0 Å². The average Bonchev–Trinajstić information content (AvgIpc) is 3.14. The smallest absolute Gasteiger partial charge is 0.0408 e. The number of allylic oxidation sites excluding steroid dienone is 2. The Labute approximate surface area is 178 Å². The SMILES string of the molecule is CN(c1ccccc1)c1ccc(C=CC=C2c3ccccc3-c3ccccc32)cc1. The first-order valence-electron chi connectivity index (χ1n) is 10.3. The van der Waals surface area contributed by atoms with Crippen LogP contribution in [0.4, 0.5) is 11.4 Å². The van der Waals surface area contributed by atoms with Gasteiger partial charge in [-0.3, -0.25) is 0 Å². The molecule has 144 valence electrons. The Bertz CT molecular complexity index is 1180. The first-order valence-corrected chi connectivity index (χ1v) is 10.3. The summed E-state index contributed by atoms with van der Waals surface area (Å²) in [4.78, 5) is 2.20. The molecular formula is C29H23N. The summed E-state index contributed by atoms with van der Waals surface area (Å²) >= 11 is 0. The fourth-order valence-electron chi connectivity index (χ4n) is 4.10. The van der Waals surface area contributed by atoms with Crippen LogP contribution in [-0.4, -0.2) is 7.05 Å². The number of benzene rings is 4. The first-order chi connectivity index (χ1) is 14.8. The number of anilines is 2. The van der Waals surface area contributed by atoms with Crippen LogP contribution in [-0.2, 0) is 0 Å². The molecule has 1 heteroatoms. The molecule has 0 fully saturated rings. The van der Waals surface area contributed by atoms with E-state index in [1.165, 1.54) is 44.8 Å². The minimum atomic E-state index is 1.18. The lowest BCUT2D eigenvalue weighted by atomic mass is 10.0. The Morgan fingerprint density at radius 1 is 0.533 bits per heavy atom. The van der Waals surface area contributed by atoms with E-state index in [1.807, 2.05) is 6.07 Å². The molecule has 1 aliphatic carbocycles. The van der Waals surface area contributed by atoms with Crippen LogP contribution in [0, 0.1) is 0 Å². The maximum atomic E-state index is 2.23. The summed E-state index contributed by atoms with van der Waals surface area (Å²) in [6, 6.07) is 36.4. The van der Waals surface area contributed by atoms with Gasteiger partial charge in [-0.2, -0.15) is 0 Å². The van der Waals surface area contributed by atoms with E-state index in [1.54, 1.807) is 0 Å². The van der Waals surface area contributed by atoms with E-state index in [0.717, 1.165) is 0 Å². The summed E-state index contributed by atoms with van der Waals surface area (Å²) in [5.74, 6) is 0. The molecule has 0 heterocycles. The van der Waals surface area contributed by atoms with E-state index in [4.69, 9.17) is 0 Å². The number of para-hydroxylation sites is 1. The van der Waals surface area contributed by atoms with Gasteiger partial charge in [-0.25, -0.2) is 0 Å². The van der Waals surface area contributed by atoms with E-state index in [-0.39, 0.29) is 0 Å². The molecular weight excluding hydrogens is 362 g/mol. The second-order valence-electron chi connectivity index (χ2n) is 7.52. The van der Waals surface area contributed by atoms with Gasteiger partial charge in [0, 0.05) is 18.4 Å². The van der Waals surface area contributed by atoms with E-state index >= 15 is 0 Å². The van der Waals surface area contributed by atoms with Crippen LogP contribution >= 0.6 is 0 Å². The molecule has 0 N–H and O–H groups in total. The summed E-state index contributed by atoms with van der Waals surface area (Å²) in [7, 11) is 2.10. The fourth-order valence-corrected chi connectivity index (χ4v) is 4.10. The average molecular weight is 386 g/mol. The maximum absolute atomic E-state index is 2.23. The zero-order valence-corrected chi connectivity index (χ0v) is 17.0. The summed E-state index contributed by atoms with van der Waals surface area (Å²) in [6.45, 7) is 0. The molecule has 0 spiro atoms. The van der Waals surface area contributed by atoms with Crippen LogP contribution in [0.25, 0.3) is 22.8 Å². The van der Waals surface area contributed by atoms with Crippen molar-refractivity contribution in [2.75, 3.05) is 11.9 Å². The van der Waals surface area contributed by atoms with E-state index in [9.17, 15) is 0 Å². The van der Waals surface area contributed by atoms with Crippen molar-refractivity contribution >= 4 is 23.0 Å². The standard InChI is InChI=1S/C29H23N/c1-30(23-11-3-2-4-12-23)24-20-18-22(19-21-24)10-9-17-29-27-15-7-5-13-25(27)26-14-6-8-16-28(26)29/h2-21H,1H3. The van der Waals surface area contributed by atoms with Crippen molar-refractivity contribution in [3.63, 3.8) is 0 Å². The van der Waals surface area contributed by atoms with Gasteiger partial charge in [-0.1, -0.05) is 97.1 Å². The van der Waals surface area contributed by atoms with Crippen LogP contribution < -0.4 is 4.90 Å². The van der Waals surface area contributed by atoms with Gasteiger partial charge in [0.2, 0.25) is 0 Å². The summed E-state index contributed by atoms with van der Waals surface area (Å²) in [6.07, 6.45) is 6.56. The molecule has 0 bridgehead atoms. The molecule has 0 aromatic heterocycles. The molecule has 4 aromatic rings. The number of nitrogens with zero attached hydrogens (tertiary/aromatic N) is 1. The monoisotopic (exact) mass is 385 g/mol. The van der Waals surface area contributed by atoms with Crippen LogP contribution in [0.3, 0.4) is 0 Å². The zero-order valence-electron chi connectivity index (χ0n) is 17.0. The Kier molecular flexibility index (Phi) is 4.78. The van der Waals surface area contributed by atoms with Crippen molar-refractivity contribution in [3.05, 3.63) is 132 Å². The first kappa shape index (κ1) is 18.2.